The molecule has 110 valence electrons. The Labute approximate surface area is 123 Å². The number of Topliss-reactive ketones (excluding diaryl/α,β-unsaturated/α-hetero) is 1. The molecule has 2 N–H and O–H groups in total. The first-order chi connectivity index (χ1) is 9.48. The molecule has 0 bridgehead atoms. The lowest BCUT2D eigenvalue weighted by Gasteiger charge is -2.22. The van der Waals surface area contributed by atoms with E-state index >= 15 is 0 Å². The minimum Gasteiger partial charge on any atom is -0.388 e. The van der Waals surface area contributed by atoms with Gasteiger partial charge in [0.25, 0.3) is 0 Å². The Kier molecular flexibility index (Phi) is 4.94. The van der Waals surface area contributed by atoms with Gasteiger partial charge >= 0.3 is 0 Å². The summed E-state index contributed by atoms with van der Waals surface area (Å²) in [6.07, 6.45) is 3.95. The number of aliphatic hydroxyl groups is 1. The summed E-state index contributed by atoms with van der Waals surface area (Å²) >= 11 is 1.46. The molecule has 0 spiro atoms. The molecule has 1 aliphatic carbocycles. The summed E-state index contributed by atoms with van der Waals surface area (Å²) in [4.78, 5) is 25.4. The Morgan fingerprint density at radius 1 is 1.30 bits per heavy atom. The van der Waals surface area contributed by atoms with Crippen molar-refractivity contribution in [2.24, 2.45) is 0 Å². The van der Waals surface area contributed by atoms with E-state index in [-0.39, 0.29) is 24.5 Å². The smallest absolute Gasteiger partial charge is 0.220 e. The van der Waals surface area contributed by atoms with Crippen molar-refractivity contribution in [3.8, 4) is 0 Å². The minimum absolute atomic E-state index is 0.0119. The first-order valence-corrected chi connectivity index (χ1v) is 7.89. The van der Waals surface area contributed by atoms with Crippen molar-refractivity contribution < 1.29 is 14.7 Å². The highest BCUT2D eigenvalue weighted by molar-refractivity contribution is 7.14. The number of amides is 1. The van der Waals surface area contributed by atoms with Gasteiger partial charge < -0.3 is 10.4 Å². The van der Waals surface area contributed by atoms with Gasteiger partial charge in [0.15, 0.2) is 5.78 Å². The van der Waals surface area contributed by atoms with Crippen LogP contribution >= 0.6 is 11.3 Å². The quantitative estimate of drug-likeness (QED) is 0.792. The maximum absolute atomic E-state index is 11.9. The van der Waals surface area contributed by atoms with Gasteiger partial charge in [-0.15, -0.1) is 11.3 Å². The largest absolute Gasteiger partial charge is 0.388 e. The zero-order chi connectivity index (χ0) is 14.6. The van der Waals surface area contributed by atoms with Crippen LogP contribution in [-0.2, 0) is 4.79 Å². The molecule has 1 fully saturated rings. The lowest BCUT2D eigenvalue weighted by Crippen LogP contribution is -2.40. The highest BCUT2D eigenvalue weighted by Crippen LogP contribution is 2.28. The van der Waals surface area contributed by atoms with E-state index in [4.69, 9.17) is 0 Å². The summed E-state index contributed by atoms with van der Waals surface area (Å²) in [6, 6.07) is 3.72. The van der Waals surface area contributed by atoms with E-state index in [1.54, 1.807) is 0 Å². The molecule has 0 saturated heterocycles. The van der Waals surface area contributed by atoms with Gasteiger partial charge in [0, 0.05) is 24.3 Å². The maximum Gasteiger partial charge on any atom is 0.220 e. The van der Waals surface area contributed by atoms with E-state index in [0.29, 0.717) is 11.4 Å². The van der Waals surface area contributed by atoms with Crippen molar-refractivity contribution in [1.82, 2.24) is 5.32 Å². The van der Waals surface area contributed by atoms with Gasteiger partial charge in [-0.25, -0.2) is 0 Å². The molecular formula is C15H21NO3S. The fourth-order valence-electron chi connectivity index (χ4n) is 2.50. The van der Waals surface area contributed by atoms with Crippen LogP contribution in [0, 0.1) is 6.92 Å². The normalized spacial score (nSPS) is 17.1. The minimum atomic E-state index is -0.732. The molecule has 0 aliphatic heterocycles. The summed E-state index contributed by atoms with van der Waals surface area (Å²) in [7, 11) is 0. The number of hydrogen-bond donors (Lipinski definition) is 2. The second-order valence-electron chi connectivity index (χ2n) is 5.54. The lowest BCUT2D eigenvalue weighted by atomic mass is 10.0. The zero-order valence-electron chi connectivity index (χ0n) is 11.8. The molecule has 0 radical (unpaired) electrons. The fourth-order valence-corrected chi connectivity index (χ4v) is 3.33. The summed E-state index contributed by atoms with van der Waals surface area (Å²) < 4.78 is 0. The average molecular weight is 295 g/mol. The van der Waals surface area contributed by atoms with Gasteiger partial charge in [-0.2, -0.15) is 0 Å². The third-order valence-electron chi connectivity index (χ3n) is 3.74. The van der Waals surface area contributed by atoms with Crippen LogP contribution in [0.2, 0.25) is 0 Å². The standard InChI is InChI=1S/C15H21NO3S/c1-11-4-6-13(20-11)12(17)5-7-14(18)16-10-15(19)8-2-3-9-15/h4,6,19H,2-3,5,7-10H2,1H3,(H,16,18). The number of nitrogens with one attached hydrogen (secondary N) is 1. The molecule has 4 nitrogen and oxygen atoms in total. The number of aryl methyl sites for hydroxylation is 1. The van der Waals surface area contributed by atoms with Crippen LogP contribution in [0.25, 0.3) is 0 Å². The lowest BCUT2D eigenvalue weighted by molar-refractivity contribution is -0.122. The van der Waals surface area contributed by atoms with E-state index in [9.17, 15) is 14.7 Å². The number of carbonyl (C=O) groups is 2. The highest BCUT2D eigenvalue weighted by atomic mass is 32.1. The predicted molar refractivity (Wildman–Crippen MR) is 79.0 cm³/mol. The van der Waals surface area contributed by atoms with Crippen LogP contribution in [0.5, 0.6) is 0 Å². The molecule has 1 aromatic heterocycles. The second-order valence-corrected chi connectivity index (χ2v) is 6.83. The van der Waals surface area contributed by atoms with E-state index in [2.05, 4.69) is 5.32 Å². The van der Waals surface area contributed by atoms with Gasteiger partial charge in [-0.1, -0.05) is 12.8 Å². The average Bonchev–Trinajstić information content (AvgIpc) is 3.03. The van der Waals surface area contributed by atoms with Gasteiger partial charge in [-0.3, -0.25) is 9.59 Å². The molecule has 2 rings (SSSR count). The van der Waals surface area contributed by atoms with Crippen molar-refractivity contribution in [2.45, 2.75) is 51.0 Å². The van der Waals surface area contributed by atoms with E-state index in [1.807, 2.05) is 19.1 Å². The van der Waals surface area contributed by atoms with E-state index < -0.39 is 5.60 Å². The van der Waals surface area contributed by atoms with Crippen molar-refractivity contribution in [1.29, 1.82) is 0 Å². The van der Waals surface area contributed by atoms with Crippen molar-refractivity contribution in [2.75, 3.05) is 6.54 Å². The topological polar surface area (TPSA) is 66.4 Å². The van der Waals surface area contributed by atoms with Crippen molar-refractivity contribution in [3.05, 3.63) is 21.9 Å². The number of carbonyl (C=O) groups excluding carboxylic acids is 2. The number of hydrogen-bond acceptors (Lipinski definition) is 4. The highest BCUT2D eigenvalue weighted by Gasteiger charge is 2.31. The zero-order valence-corrected chi connectivity index (χ0v) is 12.6. The van der Waals surface area contributed by atoms with Crippen molar-refractivity contribution >= 4 is 23.0 Å². The molecule has 1 heterocycles. The van der Waals surface area contributed by atoms with E-state index in [1.165, 1.54) is 11.3 Å². The molecule has 0 aromatic carbocycles. The summed E-state index contributed by atoms with van der Waals surface area (Å²) in [5.74, 6) is -0.148. The van der Waals surface area contributed by atoms with Crippen LogP contribution in [0.15, 0.2) is 12.1 Å². The first kappa shape index (κ1) is 15.2. The molecular weight excluding hydrogens is 274 g/mol. The van der Waals surface area contributed by atoms with Crippen LogP contribution in [0.1, 0.15) is 53.1 Å². The van der Waals surface area contributed by atoms with Crippen LogP contribution in [0.3, 0.4) is 0 Å². The molecule has 1 saturated carbocycles. The maximum atomic E-state index is 11.9. The Hall–Kier alpha value is -1.20. The van der Waals surface area contributed by atoms with Gasteiger partial charge in [0.05, 0.1) is 10.5 Å². The molecule has 0 atom stereocenters. The second kappa shape index (κ2) is 6.50. The molecule has 5 heteroatoms. The Morgan fingerprint density at radius 2 is 2.00 bits per heavy atom. The number of ketones is 1. The van der Waals surface area contributed by atoms with Crippen LogP contribution in [0.4, 0.5) is 0 Å². The third-order valence-corrected chi connectivity index (χ3v) is 4.78. The molecule has 20 heavy (non-hydrogen) atoms. The molecule has 0 unspecified atom stereocenters. The number of rotatable bonds is 6. The molecule has 1 aliphatic rings. The predicted octanol–water partition coefficient (Wildman–Crippen LogP) is 2.44. The Balaban J connectivity index is 1.71. The van der Waals surface area contributed by atoms with Crippen LogP contribution in [-0.4, -0.2) is 28.9 Å². The molecule has 1 aromatic rings. The number of thiophene rings is 1. The Bertz CT molecular complexity index is 489. The van der Waals surface area contributed by atoms with E-state index in [0.717, 1.165) is 30.6 Å². The monoisotopic (exact) mass is 295 g/mol. The third kappa shape index (κ3) is 4.15. The van der Waals surface area contributed by atoms with Crippen molar-refractivity contribution in [3.63, 3.8) is 0 Å². The first-order valence-electron chi connectivity index (χ1n) is 7.07. The van der Waals surface area contributed by atoms with Gasteiger partial charge in [0.1, 0.15) is 0 Å². The van der Waals surface area contributed by atoms with Gasteiger partial charge in [-0.05, 0) is 31.9 Å². The summed E-state index contributed by atoms with van der Waals surface area (Å²) in [5, 5.41) is 12.9. The Morgan fingerprint density at radius 3 is 2.60 bits per heavy atom. The molecule has 1 amide bonds. The summed E-state index contributed by atoms with van der Waals surface area (Å²) in [5.41, 5.74) is -0.732. The summed E-state index contributed by atoms with van der Waals surface area (Å²) in [6.45, 7) is 2.26. The fraction of sp³-hybridized carbons (Fsp3) is 0.600. The van der Waals surface area contributed by atoms with Gasteiger partial charge in [0.2, 0.25) is 5.91 Å². The van der Waals surface area contributed by atoms with Crippen LogP contribution < -0.4 is 5.32 Å². The SMILES string of the molecule is Cc1ccc(C(=O)CCC(=O)NCC2(O)CCCC2)s1.